The largest absolute Gasteiger partial charge is 0.326 e. The van der Waals surface area contributed by atoms with Gasteiger partial charge in [-0.1, -0.05) is 37.3 Å². The van der Waals surface area contributed by atoms with Crippen LogP contribution in [-0.2, 0) is 0 Å². The fourth-order valence-electron chi connectivity index (χ4n) is 1.49. The number of carbonyl (C=O) groups excluding carboxylic acids is 1. The third-order valence-electron chi connectivity index (χ3n) is 2.53. The SMILES string of the molecule is CCC(C[N+](=O)[O-])C(=[OH+])/C=C/c1ccccc1. The number of allylic oxidation sites excluding steroid dienone is 1. The number of hydrogen-bond acceptors (Lipinski definition) is 2. The molecule has 1 unspecified atom stereocenters. The molecule has 0 spiro atoms. The van der Waals surface area contributed by atoms with E-state index in [2.05, 4.69) is 0 Å². The molecule has 1 aromatic carbocycles. The van der Waals surface area contributed by atoms with Crippen LogP contribution in [0.4, 0.5) is 0 Å². The van der Waals surface area contributed by atoms with Crippen molar-refractivity contribution in [1.29, 1.82) is 0 Å². The van der Waals surface area contributed by atoms with E-state index in [1.54, 1.807) is 6.08 Å². The molecule has 0 fully saturated rings. The molecule has 0 aliphatic heterocycles. The number of rotatable bonds is 6. The summed E-state index contributed by atoms with van der Waals surface area (Å²) in [6.45, 7) is 1.59. The predicted octanol–water partition coefficient (Wildman–Crippen LogP) is 2.55. The average molecular weight is 234 g/mol. The van der Waals surface area contributed by atoms with Crippen molar-refractivity contribution < 1.29 is 9.72 Å². The first-order valence-electron chi connectivity index (χ1n) is 5.54. The van der Waals surface area contributed by atoms with Crippen molar-refractivity contribution in [1.82, 2.24) is 0 Å². The molecule has 0 radical (unpaired) electrons. The highest BCUT2D eigenvalue weighted by Crippen LogP contribution is 2.08. The smallest absolute Gasteiger partial charge is 0.278 e. The zero-order valence-electron chi connectivity index (χ0n) is 9.74. The fourth-order valence-corrected chi connectivity index (χ4v) is 1.49. The van der Waals surface area contributed by atoms with Crippen LogP contribution in [-0.4, -0.2) is 22.0 Å². The maximum atomic E-state index is 10.4. The molecule has 1 aromatic rings. The number of nitro groups is 1. The number of hydrogen-bond donors (Lipinski definition) is 0. The van der Waals surface area contributed by atoms with E-state index in [0.29, 0.717) is 6.42 Å². The van der Waals surface area contributed by atoms with E-state index >= 15 is 0 Å². The highest BCUT2D eigenvalue weighted by molar-refractivity contribution is 5.96. The Balaban J connectivity index is 2.64. The lowest BCUT2D eigenvalue weighted by molar-refractivity contribution is -0.484. The van der Waals surface area contributed by atoms with Gasteiger partial charge in [0.2, 0.25) is 6.54 Å². The summed E-state index contributed by atoms with van der Waals surface area (Å²) in [5.74, 6) is -0.349. The first-order chi connectivity index (χ1) is 8.13. The van der Waals surface area contributed by atoms with Crippen molar-refractivity contribution in [3.8, 4) is 0 Å². The summed E-state index contributed by atoms with van der Waals surface area (Å²) in [5, 5.41) is 10.4. The Hall–Kier alpha value is -1.97. The van der Waals surface area contributed by atoms with Crippen LogP contribution in [0.25, 0.3) is 6.08 Å². The van der Waals surface area contributed by atoms with Gasteiger partial charge in [-0.25, -0.2) is 0 Å². The Bertz CT molecular complexity index is 412. The van der Waals surface area contributed by atoms with Gasteiger partial charge in [0.25, 0.3) is 0 Å². The number of benzene rings is 1. The zero-order chi connectivity index (χ0) is 12.7. The minimum atomic E-state index is -0.412. The van der Waals surface area contributed by atoms with Gasteiger partial charge in [-0.15, -0.1) is 0 Å². The van der Waals surface area contributed by atoms with Crippen molar-refractivity contribution in [2.45, 2.75) is 13.3 Å². The van der Waals surface area contributed by atoms with E-state index in [9.17, 15) is 14.9 Å². The van der Waals surface area contributed by atoms with E-state index in [4.69, 9.17) is 0 Å². The number of nitrogens with zero attached hydrogens (tertiary/aromatic N) is 1. The summed E-state index contributed by atoms with van der Waals surface area (Å²) in [4.78, 5) is 19.7. The summed E-state index contributed by atoms with van der Waals surface area (Å²) in [6, 6.07) is 9.50. The third-order valence-corrected chi connectivity index (χ3v) is 2.53. The van der Waals surface area contributed by atoms with Gasteiger partial charge in [0.1, 0.15) is 5.92 Å². The topological polar surface area (TPSA) is 64.5 Å². The van der Waals surface area contributed by atoms with Crippen LogP contribution < -0.4 is 0 Å². The molecule has 4 nitrogen and oxygen atoms in total. The molecule has 0 amide bonds. The molecular weight excluding hydrogens is 218 g/mol. The van der Waals surface area contributed by atoms with Gasteiger partial charge < -0.3 is 0 Å². The Morgan fingerprint density at radius 3 is 2.65 bits per heavy atom. The van der Waals surface area contributed by atoms with Gasteiger partial charge in [-0.05, 0) is 18.1 Å². The standard InChI is InChI=1S/C13H15NO3/c1-2-12(10-14(16)17)13(15)9-8-11-6-4-3-5-7-11/h3-9,12H,2,10H2,1H3/p+1/b9-8+. The zero-order valence-corrected chi connectivity index (χ0v) is 9.74. The molecule has 0 aliphatic rings. The van der Waals surface area contributed by atoms with Crippen LogP contribution in [0.3, 0.4) is 0 Å². The summed E-state index contributed by atoms with van der Waals surface area (Å²) in [5.41, 5.74) is 0.954. The average Bonchev–Trinajstić information content (AvgIpc) is 2.34. The highest BCUT2D eigenvalue weighted by Gasteiger charge is 2.24. The van der Waals surface area contributed by atoms with Gasteiger partial charge in [0.05, 0.1) is 0 Å². The second-order valence-corrected chi connectivity index (χ2v) is 3.79. The van der Waals surface area contributed by atoms with Crippen molar-refractivity contribution in [2.24, 2.45) is 5.92 Å². The molecule has 0 bridgehead atoms. The van der Waals surface area contributed by atoms with Gasteiger partial charge in [0, 0.05) is 11.0 Å². The van der Waals surface area contributed by atoms with E-state index < -0.39 is 10.8 Å². The van der Waals surface area contributed by atoms with Crippen LogP contribution in [0.2, 0.25) is 0 Å². The van der Waals surface area contributed by atoms with Gasteiger partial charge in [-0.2, -0.15) is 0 Å². The van der Waals surface area contributed by atoms with Crippen molar-refractivity contribution in [2.75, 3.05) is 6.54 Å². The molecular formula is C13H16NO3+. The lowest BCUT2D eigenvalue weighted by atomic mass is 10.0. The molecule has 17 heavy (non-hydrogen) atoms. The Morgan fingerprint density at radius 1 is 1.47 bits per heavy atom. The van der Waals surface area contributed by atoms with Gasteiger partial charge in [-0.3, -0.25) is 14.9 Å². The molecule has 1 N–H and O–H groups in total. The van der Waals surface area contributed by atoms with Crippen molar-refractivity contribution in [3.05, 3.63) is 52.1 Å². The first-order valence-corrected chi connectivity index (χ1v) is 5.54. The quantitative estimate of drug-likeness (QED) is 0.328. The van der Waals surface area contributed by atoms with Gasteiger partial charge in [0.15, 0.2) is 0 Å². The summed E-state index contributed by atoms with van der Waals surface area (Å²) in [7, 11) is 0. The second-order valence-electron chi connectivity index (χ2n) is 3.79. The van der Waals surface area contributed by atoms with E-state index in [-0.39, 0.29) is 12.3 Å². The minimum absolute atomic E-state index is 0.0630. The number of ketones is 1. The summed E-state index contributed by atoms with van der Waals surface area (Å²) < 4.78 is 0. The van der Waals surface area contributed by atoms with Crippen molar-refractivity contribution >= 4 is 11.9 Å². The lowest BCUT2D eigenvalue weighted by Crippen LogP contribution is -2.21. The maximum Gasteiger partial charge on any atom is 0.326 e. The Kier molecular flexibility index (Phi) is 5.07. The second kappa shape index (κ2) is 6.58. The van der Waals surface area contributed by atoms with E-state index in [1.807, 2.05) is 37.3 Å². The van der Waals surface area contributed by atoms with Crippen LogP contribution in [0.1, 0.15) is 18.9 Å². The summed E-state index contributed by atoms with van der Waals surface area (Å²) in [6.07, 6.45) is 3.83. The van der Waals surface area contributed by atoms with Crippen LogP contribution in [0.15, 0.2) is 36.4 Å². The van der Waals surface area contributed by atoms with Crippen LogP contribution >= 0.6 is 0 Å². The predicted molar refractivity (Wildman–Crippen MR) is 68.1 cm³/mol. The molecule has 90 valence electrons. The molecule has 0 heterocycles. The van der Waals surface area contributed by atoms with E-state index in [0.717, 1.165) is 5.56 Å². The summed E-state index contributed by atoms with van der Waals surface area (Å²) >= 11 is 0. The van der Waals surface area contributed by atoms with Crippen molar-refractivity contribution in [3.63, 3.8) is 0 Å². The third kappa shape index (κ3) is 4.59. The fraction of sp³-hybridized carbons (Fsp3) is 0.308. The minimum Gasteiger partial charge on any atom is -0.278 e. The molecule has 0 aromatic heterocycles. The normalized spacial score (nSPS) is 12.5. The molecule has 0 aliphatic carbocycles. The van der Waals surface area contributed by atoms with Crippen LogP contribution in [0, 0.1) is 16.0 Å². The Labute approximate surface area is 100 Å². The molecule has 0 saturated carbocycles. The molecule has 1 atom stereocenters. The van der Waals surface area contributed by atoms with Crippen LogP contribution in [0.5, 0.6) is 0 Å². The first kappa shape index (κ1) is 13.1. The monoisotopic (exact) mass is 234 g/mol. The molecule has 1 rings (SSSR count). The molecule has 4 heteroatoms. The highest BCUT2D eigenvalue weighted by atomic mass is 16.6. The lowest BCUT2D eigenvalue weighted by Gasteiger charge is -2.00. The maximum absolute atomic E-state index is 10.4. The van der Waals surface area contributed by atoms with Gasteiger partial charge >= 0.3 is 5.78 Å². The Morgan fingerprint density at radius 2 is 2.12 bits per heavy atom. The van der Waals surface area contributed by atoms with E-state index in [1.165, 1.54) is 6.08 Å². The molecule has 0 saturated heterocycles.